The zero-order valence-corrected chi connectivity index (χ0v) is 42.3. The van der Waals surface area contributed by atoms with Crippen molar-refractivity contribution in [2.24, 2.45) is 16.8 Å². The van der Waals surface area contributed by atoms with Crippen LogP contribution in [0.3, 0.4) is 0 Å². The molecule has 4 unspecified atom stereocenters. The van der Waals surface area contributed by atoms with Crippen LogP contribution in [0.25, 0.3) is 109 Å². The van der Waals surface area contributed by atoms with E-state index in [4.69, 9.17) is 4.99 Å². The average Bonchev–Trinajstić information content (AvgIpc) is 3.99. The van der Waals surface area contributed by atoms with Gasteiger partial charge in [0.2, 0.25) is 0 Å². The van der Waals surface area contributed by atoms with E-state index in [1.807, 2.05) is 0 Å². The monoisotopic (exact) mass is 961 g/mol. The molecule has 1 aliphatic heterocycles. The number of nitrogens with zero attached hydrogens (tertiary/aromatic N) is 3. The Kier molecular flexibility index (Phi) is 10.2. The molecule has 0 aliphatic carbocycles. The third-order valence-corrected chi connectivity index (χ3v) is 17.2. The summed E-state index contributed by atoms with van der Waals surface area (Å²) in [5.41, 5.74) is 12.4. The fourth-order valence-corrected chi connectivity index (χ4v) is 13.7. The van der Waals surface area contributed by atoms with Crippen LogP contribution < -0.4 is 0 Å². The second-order valence-corrected chi connectivity index (χ2v) is 21.2. The number of hydrogen-bond acceptors (Lipinski definition) is 1. The van der Waals surface area contributed by atoms with Crippen molar-refractivity contribution in [2.75, 3.05) is 0 Å². The third-order valence-electron chi connectivity index (χ3n) is 17.2. The van der Waals surface area contributed by atoms with Gasteiger partial charge >= 0.3 is 0 Å². The summed E-state index contributed by atoms with van der Waals surface area (Å²) in [6.07, 6.45) is 3.19. The fourth-order valence-electron chi connectivity index (χ4n) is 13.7. The molecule has 0 saturated heterocycles. The first-order chi connectivity index (χ1) is 37.1. The van der Waals surface area contributed by atoms with Crippen molar-refractivity contribution in [1.82, 2.24) is 9.13 Å². The quantitative estimate of drug-likeness (QED) is 0.148. The minimum absolute atomic E-state index is 0.0503. The molecule has 0 saturated carbocycles. The largest absolute Gasteiger partial charge is 0.309 e. The number of rotatable bonds is 6. The van der Waals surface area contributed by atoms with Crippen molar-refractivity contribution in [2.45, 2.75) is 45.1 Å². The highest BCUT2D eigenvalue weighted by molar-refractivity contribution is 6.21. The van der Waals surface area contributed by atoms with Crippen molar-refractivity contribution in [3.8, 4) is 11.4 Å². The Morgan fingerprint density at radius 3 is 1.77 bits per heavy atom. The Labute approximate surface area is 436 Å². The van der Waals surface area contributed by atoms with Crippen molar-refractivity contribution in [3.05, 3.63) is 253 Å². The van der Waals surface area contributed by atoms with Gasteiger partial charge in [0.1, 0.15) is 0 Å². The van der Waals surface area contributed by atoms with Crippen LogP contribution in [-0.4, -0.2) is 14.8 Å². The average molecular weight is 962 g/mol. The SMILES string of the molecule is CCC1C(c2cccc3c(-n4c5ccccc5c5cc6c(-n7c8ccccc8c8ccc9ccccc9c87)cccc6cc54)cccc23)=NC(c2ccccc2)C(C)CCC1c1ccc2c(ccc3ccccc32)c1. The van der Waals surface area contributed by atoms with E-state index in [1.54, 1.807) is 0 Å². The summed E-state index contributed by atoms with van der Waals surface area (Å²) in [6, 6.07) is 88.8. The van der Waals surface area contributed by atoms with Gasteiger partial charge in [-0.2, -0.15) is 0 Å². The minimum Gasteiger partial charge on any atom is -0.309 e. The predicted octanol–water partition coefficient (Wildman–Crippen LogP) is 19.4. The molecule has 14 aromatic rings. The molecule has 15 rings (SSSR count). The van der Waals surface area contributed by atoms with Gasteiger partial charge in [-0.25, -0.2) is 0 Å². The first-order valence-corrected chi connectivity index (χ1v) is 27.0. The maximum atomic E-state index is 6.06. The Morgan fingerprint density at radius 1 is 0.387 bits per heavy atom. The van der Waals surface area contributed by atoms with Crippen LogP contribution in [-0.2, 0) is 0 Å². The van der Waals surface area contributed by atoms with E-state index in [1.165, 1.54) is 131 Å². The summed E-state index contributed by atoms with van der Waals surface area (Å²) >= 11 is 0. The van der Waals surface area contributed by atoms with E-state index in [9.17, 15) is 0 Å². The van der Waals surface area contributed by atoms with Crippen LogP contribution in [0, 0.1) is 11.8 Å². The number of aliphatic imine (C=N–C) groups is 1. The van der Waals surface area contributed by atoms with E-state index >= 15 is 0 Å². The van der Waals surface area contributed by atoms with Crippen molar-refractivity contribution in [3.63, 3.8) is 0 Å². The Hall–Kier alpha value is -8.79. The molecular formula is C72H55N3. The normalized spacial score (nSPS) is 17.5. The maximum absolute atomic E-state index is 6.06. The molecule has 3 heteroatoms. The summed E-state index contributed by atoms with van der Waals surface area (Å²) < 4.78 is 5.05. The molecule has 4 atom stereocenters. The first kappa shape index (κ1) is 43.8. The fraction of sp³-hybridized carbons (Fsp3) is 0.125. The molecule has 0 amide bonds. The third kappa shape index (κ3) is 6.84. The van der Waals surface area contributed by atoms with Gasteiger partial charge in [0.25, 0.3) is 0 Å². The lowest BCUT2D eigenvalue weighted by Crippen LogP contribution is -2.28. The molecule has 3 nitrogen and oxygen atoms in total. The van der Waals surface area contributed by atoms with E-state index in [0.717, 1.165) is 19.3 Å². The molecule has 75 heavy (non-hydrogen) atoms. The molecular weight excluding hydrogens is 907 g/mol. The molecule has 3 heterocycles. The van der Waals surface area contributed by atoms with Crippen LogP contribution >= 0.6 is 0 Å². The van der Waals surface area contributed by atoms with Crippen LogP contribution in [0.4, 0.5) is 0 Å². The first-order valence-electron chi connectivity index (χ1n) is 27.0. The zero-order valence-electron chi connectivity index (χ0n) is 42.3. The Morgan fingerprint density at radius 2 is 0.960 bits per heavy atom. The minimum atomic E-state index is 0.0503. The van der Waals surface area contributed by atoms with Crippen LogP contribution in [0.1, 0.15) is 61.8 Å². The van der Waals surface area contributed by atoms with Crippen molar-refractivity contribution >= 4 is 103 Å². The lowest BCUT2D eigenvalue weighted by Gasteiger charge is -2.35. The zero-order chi connectivity index (χ0) is 49.7. The smallest absolute Gasteiger partial charge is 0.0778 e. The number of fused-ring (bicyclic) bond motifs is 13. The highest BCUT2D eigenvalue weighted by atomic mass is 15.0. The summed E-state index contributed by atoms with van der Waals surface area (Å²) in [5, 5.41) is 17.7. The van der Waals surface area contributed by atoms with Gasteiger partial charge in [-0.05, 0) is 116 Å². The summed E-state index contributed by atoms with van der Waals surface area (Å²) in [5.74, 6) is 0.871. The number of para-hydroxylation sites is 2. The number of hydrogen-bond donors (Lipinski definition) is 0. The van der Waals surface area contributed by atoms with Gasteiger partial charge < -0.3 is 9.13 Å². The molecule has 0 radical (unpaired) electrons. The lowest BCUT2D eigenvalue weighted by atomic mass is 9.72. The Bertz CT molecular complexity index is 4630. The summed E-state index contributed by atoms with van der Waals surface area (Å²) in [4.78, 5) is 6.06. The van der Waals surface area contributed by atoms with E-state index < -0.39 is 0 Å². The number of aromatic nitrogens is 2. The molecule has 0 N–H and O–H groups in total. The standard InChI is InChI=1S/C72H55N3/c1-3-52-54(51-38-40-55-50(42-51)36-35-46-18-7-9-23-53(46)55)39-34-45(2)70(48-20-5-4-6-21-48)73-71(52)61-29-16-28-58-57(61)27-17-33-66(58)74-65-30-13-12-26-60(65)64-44-63-49(43-69(64)74)22-15-32-68(63)75-67-31-14-11-25-59(67)62-41-37-47-19-8-10-24-56(47)72(62)75/h4-33,35-38,40-45,52,54,70H,3,34,39H2,1-2H3. The van der Waals surface area contributed by atoms with Crippen LogP contribution in [0.5, 0.6) is 0 Å². The van der Waals surface area contributed by atoms with E-state index in [2.05, 4.69) is 260 Å². The molecule has 12 aromatic carbocycles. The molecule has 0 spiro atoms. The second-order valence-electron chi connectivity index (χ2n) is 21.2. The highest BCUT2D eigenvalue weighted by Gasteiger charge is 2.34. The van der Waals surface area contributed by atoms with E-state index in [0.29, 0.717) is 11.8 Å². The lowest BCUT2D eigenvalue weighted by molar-refractivity contribution is 0.362. The summed E-state index contributed by atoms with van der Waals surface area (Å²) in [6.45, 7) is 4.81. The van der Waals surface area contributed by atoms with Gasteiger partial charge in [0, 0.05) is 54.9 Å². The molecule has 2 aromatic heterocycles. The van der Waals surface area contributed by atoms with Crippen molar-refractivity contribution < 1.29 is 0 Å². The summed E-state index contributed by atoms with van der Waals surface area (Å²) in [7, 11) is 0. The molecule has 358 valence electrons. The molecule has 1 aliphatic rings. The highest BCUT2D eigenvalue weighted by Crippen LogP contribution is 2.46. The van der Waals surface area contributed by atoms with Gasteiger partial charge in [0.15, 0.2) is 0 Å². The van der Waals surface area contributed by atoms with Crippen molar-refractivity contribution in [1.29, 1.82) is 0 Å². The topological polar surface area (TPSA) is 22.2 Å². The van der Waals surface area contributed by atoms with Gasteiger partial charge in [0.05, 0.1) is 39.5 Å². The predicted molar refractivity (Wildman–Crippen MR) is 320 cm³/mol. The second kappa shape index (κ2) is 17.4. The maximum Gasteiger partial charge on any atom is 0.0778 e. The number of benzene rings is 12. The van der Waals surface area contributed by atoms with Gasteiger partial charge in [-0.15, -0.1) is 0 Å². The van der Waals surface area contributed by atoms with Crippen LogP contribution in [0.15, 0.2) is 242 Å². The molecule has 0 bridgehead atoms. The Balaban J connectivity index is 0.931. The van der Waals surface area contributed by atoms with Gasteiger partial charge in [-0.3, -0.25) is 4.99 Å². The molecule has 0 fully saturated rings. The van der Waals surface area contributed by atoms with Crippen LogP contribution in [0.2, 0.25) is 0 Å². The van der Waals surface area contributed by atoms with Gasteiger partial charge in [-0.1, -0.05) is 214 Å². The van der Waals surface area contributed by atoms with E-state index in [-0.39, 0.29) is 12.0 Å².